The number of hydrogen-bond acceptors (Lipinski definition) is 7. The molecule has 3 rings (SSSR count). The fourth-order valence-electron chi connectivity index (χ4n) is 2.58. The number of carbonyl (C=O) groups excluding carboxylic acids is 1. The number of nitro benzene ring substituents is 1. The van der Waals surface area contributed by atoms with Crippen molar-refractivity contribution in [1.29, 1.82) is 0 Å². The van der Waals surface area contributed by atoms with E-state index in [9.17, 15) is 14.9 Å². The van der Waals surface area contributed by atoms with Gasteiger partial charge in [0.2, 0.25) is 5.90 Å². The molecule has 150 valence electrons. The molecule has 29 heavy (non-hydrogen) atoms. The number of benzene rings is 2. The van der Waals surface area contributed by atoms with Gasteiger partial charge in [-0.1, -0.05) is 24.6 Å². The van der Waals surface area contributed by atoms with Crippen LogP contribution in [0.5, 0.6) is 11.5 Å². The SMILES string of the molecule is CCCOc1ccc(C=C2N=C(c3cc([N+](=O)[O-])ccc3Cl)OC2=O)cc1OC. The molecule has 0 aromatic heterocycles. The van der Waals surface area contributed by atoms with Gasteiger partial charge in [0.15, 0.2) is 17.2 Å². The lowest BCUT2D eigenvalue weighted by Gasteiger charge is -2.10. The van der Waals surface area contributed by atoms with Gasteiger partial charge in [-0.25, -0.2) is 9.79 Å². The Labute approximate surface area is 171 Å². The van der Waals surface area contributed by atoms with Crippen molar-refractivity contribution in [2.45, 2.75) is 13.3 Å². The maximum absolute atomic E-state index is 12.2. The zero-order chi connectivity index (χ0) is 21.0. The normalized spacial score (nSPS) is 14.5. The molecule has 0 aliphatic carbocycles. The highest BCUT2D eigenvalue weighted by Gasteiger charge is 2.27. The minimum atomic E-state index is -0.687. The Morgan fingerprint density at radius 3 is 2.72 bits per heavy atom. The predicted molar refractivity (Wildman–Crippen MR) is 107 cm³/mol. The summed E-state index contributed by atoms with van der Waals surface area (Å²) in [5.74, 6) is 0.334. The number of esters is 1. The van der Waals surface area contributed by atoms with Crippen molar-refractivity contribution in [3.8, 4) is 11.5 Å². The molecule has 9 heteroatoms. The molecule has 0 atom stereocenters. The smallest absolute Gasteiger partial charge is 0.363 e. The third-order valence-electron chi connectivity index (χ3n) is 3.96. The standard InChI is InChI=1S/C20H17ClN2O6/c1-3-8-28-17-7-4-12(10-18(17)27-2)9-16-20(24)29-19(22-16)14-11-13(23(25)26)5-6-15(14)21/h4-7,9-11H,3,8H2,1-2H3. The van der Waals surface area contributed by atoms with Crippen LogP contribution in [0.15, 0.2) is 47.1 Å². The van der Waals surface area contributed by atoms with Crippen molar-refractivity contribution >= 4 is 35.2 Å². The van der Waals surface area contributed by atoms with Crippen LogP contribution < -0.4 is 9.47 Å². The number of non-ortho nitro benzene ring substituents is 1. The van der Waals surface area contributed by atoms with E-state index in [4.69, 9.17) is 25.8 Å². The van der Waals surface area contributed by atoms with E-state index >= 15 is 0 Å². The van der Waals surface area contributed by atoms with Crippen LogP contribution in [0.25, 0.3) is 6.08 Å². The topological polar surface area (TPSA) is 100 Å². The first-order valence-corrected chi connectivity index (χ1v) is 9.08. The van der Waals surface area contributed by atoms with Gasteiger partial charge in [-0.15, -0.1) is 0 Å². The lowest BCUT2D eigenvalue weighted by atomic mass is 10.1. The molecule has 0 amide bonds. The van der Waals surface area contributed by atoms with E-state index in [-0.39, 0.29) is 27.9 Å². The summed E-state index contributed by atoms with van der Waals surface area (Å²) in [5.41, 5.74) is 0.658. The number of aliphatic imine (C=N–C) groups is 1. The molecule has 0 N–H and O–H groups in total. The van der Waals surface area contributed by atoms with Crippen LogP contribution in [-0.4, -0.2) is 30.5 Å². The number of ether oxygens (including phenoxy) is 3. The van der Waals surface area contributed by atoms with Crippen molar-refractivity contribution in [3.05, 3.63) is 68.4 Å². The zero-order valence-corrected chi connectivity index (χ0v) is 16.4. The molecule has 0 bridgehead atoms. The van der Waals surface area contributed by atoms with Gasteiger partial charge in [-0.2, -0.15) is 0 Å². The van der Waals surface area contributed by atoms with Crippen molar-refractivity contribution < 1.29 is 23.9 Å². The van der Waals surface area contributed by atoms with Gasteiger partial charge in [0.1, 0.15) is 0 Å². The summed E-state index contributed by atoms with van der Waals surface area (Å²) in [6.45, 7) is 2.56. The number of cyclic esters (lactones) is 1. The van der Waals surface area contributed by atoms with E-state index in [0.717, 1.165) is 6.42 Å². The average molecular weight is 417 g/mol. The highest BCUT2D eigenvalue weighted by atomic mass is 35.5. The van der Waals surface area contributed by atoms with Crippen LogP contribution in [0.4, 0.5) is 5.69 Å². The lowest BCUT2D eigenvalue weighted by molar-refractivity contribution is -0.384. The van der Waals surface area contributed by atoms with Gasteiger partial charge in [-0.05, 0) is 36.3 Å². The van der Waals surface area contributed by atoms with Crippen molar-refractivity contribution in [2.75, 3.05) is 13.7 Å². The Morgan fingerprint density at radius 2 is 2.03 bits per heavy atom. The molecule has 0 unspecified atom stereocenters. The minimum Gasteiger partial charge on any atom is -0.493 e. The molecule has 1 aliphatic rings. The molecular formula is C20H17ClN2O6. The number of nitro groups is 1. The van der Waals surface area contributed by atoms with Crippen LogP contribution in [-0.2, 0) is 9.53 Å². The molecule has 0 saturated carbocycles. The highest BCUT2D eigenvalue weighted by Crippen LogP contribution is 2.31. The Hall–Kier alpha value is -3.39. The summed E-state index contributed by atoms with van der Waals surface area (Å²) in [7, 11) is 1.52. The van der Waals surface area contributed by atoms with Crippen molar-refractivity contribution in [3.63, 3.8) is 0 Å². The molecular weight excluding hydrogens is 400 g/mol. The molecule has 1 heterocycles. The Bertz CT molecular complexity index is 1030. The zero-order valence-electron chi connectivity index (χ0n) is 15.7. The van der Waals surface area contributed by atoms with Crippen molar-refractivity contribution in [1.82, 2.24) is 0 Å². The summed E-state index contributed by atoms with van der Waals surface area (Å²) >= 11 is 6.09. The first kappa shape index (κ1) is 20.3. The minimum absolute atomic E-state index is 0.0341. The van der Waals surface area contributed by atoms with Crippen LogP contribution in [0.1, 0.15) is 24.5 Å². The molecule has 0 radical (unpaired) electrons. The summed E-state index contributed by atoms with van der Waals surface area (Å²) in [4.78, 5) is 26.8. The quantitative estimate of drug-likeness (QED) is 0.287. The fourth-order valence-corrected chi connectivity index (χ4v) is 2.78. The maximum atomic E-state index is 12.2. The van der Waals surface area contributed by atoms with E-state index in [0.29, 0.717) is 23.7 Å². The molecule has 0 fully saturated rings. The Balaban J connectivity index is 1.93. The van der Waals surface area contributed by atoms with Crippen LogP contribution >= 0.6 is 11.6 Å². The molecule has 0 saturated heterocycles. The van der Waals surface area contributed by atoms with Gasteiger partial charge < -0.3 is 14.2 Å². The van der Waals surface area contributed by atoms with Gasteiger partial charge in [0.05, 0.1) is 29.2 Å². The molecule has 8 nitrogen and oxygen atoms in total. The third kappa shape index (κ3) is 4.55. The Kier molecular flexibility index (Phi) is 6.13. The number of halogens is 1. The lowest BCUT2D eigenvalue weighted by Crippen LogP contribution is -2.06. The summed E-state index contributed by atoms with van der Waals surface area (Å²) in [5, 5.41) is 11.2. The van der Waals surface area contributed by atoms with Crippen LogP contribution in [0.3, 0.4) is 0 Å². The third-order valence-corrected chi connectivity index (χ3v) is 4.29. The number of carbonyl (C=O) groups is 1. The van der Waals surface area contributed by atoms with E-state index in [1.54, 1.807) is 18.2 Å². The number of nitrogens with zero attached hydrogens (tertiary/aromatic N) is 2. The predicted octanol–water partition coefficient (Wildman–Crippen LogP) is 4.39. The molecule has 1 aliphatic heterocycles. The van der Waals surface area contributed by atoms with Gasteiger partial charge in [-0.3, -0.25) is 10.1 Å². The largest absolute Gasteiger partial charge is 0.493 e. The van der Waals surface area contributed by atoms with E-state index in [2.05, 4.69) is 4.99 Å². The molecule has 2 aromatic carbocycles. The summed E-state index contributed by atoms with van der Waals surface area (Å²) < 4.78 is 16.1. The Morgan fingerprint density at radius 1 is 1.24 bits per heavy atom. The second-order valence-corrected chi connectivity index (χ2v) is 6.42. The van der Waals surface area contributed by atoms with Gasteiger partial charge >= 0.3 is 5.97 Å². The second kappa shape index (κ2) is 8.74. The number of hydrogen-bond donors (Lipinski definition) is 0. The average Bonchev–Trinajstić information content (AvgIpc) is 3.07. The van der Waals surface area contributed by atoms with E-state index < -0.39 is 10.9 Å². The highest BCUT2D eigenvalue weighted by molar-refractivity contribution is 6.34. The van der Waals surface area contributed by atoms with Crippen LogP contribution in [0, 0.1) is 10.1 Å². The van der Waals surface area contributed by atoms with Crippen molar-refractivity contribution in [2.24, 2.45) is 4.99 Å². The first-order valence-electron chi connectivity index (χ1n) is 8.70. The van der Waals surface area contributed by atoms with E-state index in [1.807, 2.05) is 6.92 Å². The maximum Gasteiger partial charge on any atom is 0.363 e. The number of methoxy groups -OCH3 is 1. The van der Waals surface area contributed by atoms with Crippen LogP contribution in [0.2, 0.25) is 5.02 Å². The molecule has 2 aromatic rings. The summed E-state index contributed by atoms with van der Waals surface area (Å²) in [6.07, 6.45) is 2.38. The first-order chi connectivity index (χ1) is 13.9. The van der Waals surface area contributed by atoms with Gasteiger partial charge in [0, 0.05) is 12.1 Å². The second-order valence-electron chi connectivity index (χ2n) is 6.02. The van der Waals surface area contributed by atoms with Gasteiger partial charge in [0.25, 0.3) is 5.69 Å². The fraction of sp³-hybridized carbons (Fsp3) is 0.200. The summed E-state index contributed by atoms with van der Waals surface area (Å²) in [6, 6.07) is 9.02. The number of rotatable bonds is 7. The van der Waals surface area contributed by atoms with E-state index in [1.165, 1.54) is 31.4 Å². The molecule has 0 spiro atoms. The monoisotopic (exact) mass is 416 g/mol.